The van der Waals surface area contributed by atoms with Gasteiger partial charge in [0.25, 0.3) is 0 Å². The van der Waals surface area contributed by atoms with Crippen LogP contribution >= 0.6 is 0 Å². The number of alkyl halides is 3. The van der Waals surface area contributed by atoms with Crippen LogP contribution in [-0.4, -0.2) is 22.5 Å². The van der Waals surface area contributed by atoms with Crippen LogP contribution in [0.2, 0.25) is 0 Å². The molecule has 1 aromatic rings. The highest BCUT2D eigenvalue weighted by Gasteiger charge is 2.26. The summed E-state index contributed by atoms with van der Waals surface area (Å²) in [6, 6.07) is 0. The summed E-state index contributed by atoms with van der Waals surface area (Å²) in [4.78, 5) is 0. The molecule has 1 aromatic heterocycles. The lowest BCUT2D eigenvalue weighted by atomic mass is 10.1. The summed E-state index contributed by atoms with van der Waals surface area (Å²) < 4.78 is 37.3. The van der Waals surface area contributed by atoms with E-state index in [0.717, 1.165) is 5.56 Å². The van der Waals surface area contributed by atoms with Crippen molar-refractivity contribution in [3.8, 4) is 0 Å². The zero-order valence-corrected chi connectivity index (χ0v) is 9.60. The van der Waals surface area contributed by atoms with Gasteiger partial charge in [-0.3, -0.25) is 4.68 Å². The van der Waals surface area contributed by atoms with Gasteiger partial charge in [-0.25, -0.2) is 0 Å². The van der Waals surface area contributed by atoms with E-state index in [1.807, 2.05) is 20.8 Å². The molecule has 16 heavy (non-hydrogen) atoms. The Kier molecular flexibility index (Phi) is 3.62. The van der Waals surface area contributed by atoms with Crippen LogP contribution in [0, 0.1) is 0 Å². The van der Waals surface area contributed by atoms with Crippen molar-refractivity contribution in [3.63, 3.8) is 0 Å². The van der Waals surface area contributed by atoms with Crippen LogP contribution in [0.15, 0.2) is 12.4 Å². The number of rotatable bonds is 3. The molecular formula is C10H16F3N3. The molecule has 0 bridgehead atoms. The van der Waals surface area contributed by atoms with Crippen molar-refractivity contribution in [1.29, 1.82) is 0 Å². The fourth-order valence-corrected chi connectivity index (χ4v) is 1.17. The molecule has 0 saturated heterocycles. The summed E-state index contributed by atoms with van der Waals surface area (Å²) in [6.07, 6.45) is -0.835. The van der Waals surface area contributed by atoms with Crippen LogP contribution < -0.4 is 5.32 Å². The van der Waals surface area contributed by atoms with E-state index in [1.54, 1.807) is 17.1 Å². The highest BCUT2D eigenvalue weighted by Crippen LogP contribution is 2.14. The number of hydrogen-bond acceptors (Lipinski definition) is 2. The maximum Gasteiger partial charge on any atom is 0.401 e. The van der Waals surface area contributed by atoms with E-state index < -0.39 is 12.7 Å². The van der Waals surface area contributed by atoms with Gasteiger partial charge in [-0.15, -0.1) is 0 Å². The maximum atomic E-state index is 11.9. The third-order valence-corrected chi connectivity index (χ3v) is 1.98. The van der Waals surface area contributed by atoms with Gasteiger partial charge in [0.05, 0.1) is 18.3 Å². The predicted octanol–water partition coefficient (Wildman–Crippen LogP) is 2.29. The lowest BCUT2D eigenvalue weighted by Crippen LogP contribution is -2.28. The van der Waals surface area contributed by atoms with Crippen molar-refractivity contribution in [1.82, 2.24) is 15.1 Å². The van der Waals surface area contributed by atoms with Crippen LogP contribution in [-0.2, 0) is 12.1 Å². The van der Waals surface area contributed by atoms with Gasteiger partial charge in [-0.1, -0.05) is 0 Å². The van der Waals surface area contributed by atoms with Crippen LogP contribution in [0.5, 0.6) is 0 Å². The Balaban J connectivity index is 2.48. The lowest BCUT2D eigenvalue weighted by molar-refractivity contribution is -0.125. The van der Waals surface area contributed by atoms with Crippen LogP contribution in [0.4, 0.5) is 13.2 Å². The van der Waals surface area contributed by atoms with E-state index in [9.17, 15) is 13.2 Å². The molecule has 0 atom stereocenters. The van der Waals surface area contributed by atoms with Crippen molar-refractivity contribution < 1.29 is 13.2 Å². The van der Waals surface area contributed by atoms with E-state index in [-0.39, 0.29) is 12.1 Å². The minimum absolute atomic E-state index is 0.151. The molecule has 0 amide bonds. The molecule has 0 unspecified atom stereocenters. The van der Waals surface area contributed by atoms with Gasteiger partial charge in [-0.05, 0) is 20.8 Å². The Morgan fingerprint density at radius 1 is 1.31 bits per heavy atom. The zero-order valence-electron chi connectivity index (χ0n) is 9.60. The molecule has 1 heterocycles. The molecule has 0 aromatic carbocycles. The Labute approximate surface area is 92.6 Å². The Hall–Kier alpha value is -1.04. The summed E-state index contributed by atoms with van der Waals surface area (Å²) in [5.74, 6) is 0. The highest BCUT2D eigenvalue weighted by molar-refractivity contribution is 5.04. The number of nitrogens with zero attached hydrogens (tertiary/aromatic N) is 2. The molecule has 3 nitrogen and oxygen atoms in total. The van der Waals surface area contributed by atoms with Gasteiger partial charge >= 0.3 is 6.18 Å². The minimum Gasteiger partial charge on any atom is -0.304 e. The molecule has 0 radical (unpaired) electrons. The second-order valence-electron chi connectivity index (χ2n) is 4.68. The quantitative estimate of drug-likeness (QED) is 0.871. The zero-order chi connectivity index (χ0) is 12.4. The second-order valence-corrected chi connectivity index (χ2v) is 4.68. The first-order chi connectivity index (χ1) is 7.18. The largest absolute Gasteiger partial charge is 0.401 e. The first-order valence-corrected chi connectivity index (χ1v) is 5.00. The lowest BCUT2D eigenvalue weighted by Gasteiger charge is -2.18. The van der Waals surface area contributed by atoms with Crippen LogP contribution in [0.3, 0.4) is 0 Å². The smallest absolute Gasteiger partial charge is 0.304 e. The van der Waals surface area contributed by atoms with Crippen LogP contribution in [0.25, 0.3) is 0 Å². The van der Waals surface area contributed by atoms with E-state index in [0.29, 0.717) is 0 Å². The summed E-state index contributed by atoms with van der Waals surface area (Å²) in [7, 11) is 0. The Morgan fingerprint density at radius 2 is 1.94 bits per heavy atom. The normalized spacial score (nSPS) is 13.1. The van der Waals surface area contributed by atoms with Gasteiger partial charge in [0.1, 0.15) is 0 Å². The second kappa shape index (κ2) is 4.45. The van der Waals surface area contributed by atoms with Crippen LogP contribution in [0.1, 0.15) is 26.3 Å². The monoisotopic (exact) mass is 235 g/mol. The number of halogens is 3. The molecule has 92 valence electrons. The fourth-order valence-electron chi connectivity index (χ4n) is 1.17. The number of nitrogens with one attached hydrogen (secondary N) is 1. The maximum absolute atomic E-state index is 11.9. The van der Waals surface area contributed by atoms with Crippen molar-refractivity contribution in [3.05, 3.63) is 18.0 Å². The average molecular weight is 235 g/mol. The van der Waals surface area contributed by atoms with Crippen molar-refractivity contribution in [2.45, 2.75) is 39.0 Å². The molecule has 0 aliphatic carbocycles. The van der Waals surface area contributed by atoms with E-state index in [2.05, 4.69) is 10.4 Å². The molecule has 1 N–H and O–H groups in total. The molecule has 0 aliphatic heterocycles. The SMILES string of the molecule is CC(C)(C)n1cc(CNCC(F)(F)F)cn1. The summed E-state index contributed by atoms with van der Waals surface area (Å²) in [5, 5.41) is 6.43. The Morgan fingerprint density at radius 3 is 2.38 bits per heavy atom. The fraction of sp³-hybridized carbons (Fsp3) is 0.700. The first kappa shape index (κ1) is 13.0. The molecule has 0 fully saturated rings. The van der Waals surface area contributed by atoms with E-state index in [4.69, 9.17) is 0 Å². The topological polar surface area (TPSA) is 29.9 Å². The summed E-state index contributed by atoms with van der Waals surface area (Å²) in [5.41, 5.74) is 0.599. The number of hydrogen-bond donors (Lipinski definition) is 1. The van der Waals surface area contributed by atoms with Gasteiger partial charge in [0, 0.05) is 18.3 Å². The average Bonchev–Trinajstić information content (AvgIpc) is 2.49. The van der Waals surface area contributed by atoms with Gasteiger partial charge in [0.2, 0.25) is 0 Å². The minimum atomic E-state index is -4.17. The molecular weight excluding hydrogens is 219 g/mol. The van der Waals surface area contributed by atoms with Gasteiger partial charge in [-0.2, -0.15) is 18.3 Å². The van der Waals surface area contributed by atoms with Gasteiger partial charge < -0.3 is 5.32 Å². The molecule has 0 aliphatic rings. The van der Waals surface area contributed by atoms with Crippen molar-refractivity contribution in [2.75, 3.05) is 6.54 Å². The van der Waals surface area contributed by atoms with E-state index >= 15 is 0 Å². The van der Waals surface area contributed by atoms with Crippen molar-refractivity contribution in [2.24, 2.45) is 0 Å². The summed E-state index contributed by atoms with van der Waals surface area (Å²) in [6.45, 7) is 5.13. The molecule has 6 heteroatoms. The van der Waals surface area contributed by atoms with E-state index in [1.165, 1.54) is 0 Å². The van der Waals surface area contributed by atoms with Crippen molar-refractivity contribution >= 4 is 0 Å². The highest BCUT2D eigenvalue weighted by atomic mass is 19.4. The number of aromatic nitrogens is 2. The third kappa shape index (κ3) is 4.22. The Bertz CT molecular complexity index is 336. The first-order valence-electron chi connectivity index (χ1n) is 5.00. The summed E-state index contributed by atoms with van der Waals surface area (Å²) >= 11 is 0. The third-order valence-electron chi connectivity index (χ3n) is 1.98. The molecule has 0 saturated carbocycles. The molecule has 1 rings (SSSR count). The standard InChI is InChI=1S/C10H16F3N3/c1-9(2,3)16-6-8(5-15-16)4-14-7-10(11,12)13/h5-6,14H,4,7H2,1-3H3. The van der Waals surface area contributed by atoms with Gasteiger partial charge in [0.15, 0.2) is 0 Å². The predicted molar refractivity (Wildman–Crippen MR) is 55.0 cm³/mol. The molecule has 0 spiro atoms.